The lowest BCUT2D eigenvalue weighted by Crippen LogP contribution is -2.08. The quantitative estimate of drug-likeness (QED) is 0.652. The molecule has 0 bridgehead atoms. The van der Waals surface area contributed by atoms with Gasteiger partial charge in [0.15, 0.2) is 0 Å². The predicted octanol–water partition coefficient (Wildman–Crippen LogP) is 1.01. The van der Waals surface area contributed by atoms with Crippen LogP contribution in [0.1, 0.15) is 12.0 Å². The highest BCUT2D eigenvalue weighted by Gasteiger charge is 1.99. The monoisotopic (exact) mass is 205 g/mol. The molecule has 2 rings (SSSR count). The van der Waals surface area contributed by atoms with Crippen LogP contribution < -0.4 is 11.0 Å². The summed E-state index contributed by atoms with van der Waals surface area (Å²) in [5.74, 6) is 0. The topological polar surface area (TPSA) is 60.7 Å². The molecule has 1 heterocycles. The maximum absolute atomic E-state index is 11.0. The third-order valence-corrected chi connectivity index (χ3v) is 2.47. The first kappa shape index (κ1) is 9.98. The molecule has 0 unspecified atom stereocenters. The molecule has 2 aromatic rings. The lowest BCUT2D eigenvalue weighted by Gasteiger charge is -2.00. The summed E-state index contributed by atoms with van der Waals surface area (Å²) in [5.41, 5.74) is 2.88. The highest BCUT2D eigenvalue weighted by atomic mass is 16.1. The fraction of sp³-hybridized carbons (Fsp3) is 0.364. The number of hydrogen-bond acceptors (Lipinski definition) is 2. The largest absolute Gasteiger partial charge is 0.323 e. The minimum atomic E-state index is -0.141. The fourth-order valence-corrected chi connectivity index (χ4v) is 1.70. The van der Waals surface area contributed by atoms with Gasteiger partial charge in [-0.15, -0.1) is 0 Å². The van der Waals surface area contributed by atoms with Crippen LogP contribution in [0.5, 0.6) is 0 Å². The van der Waals surface area contributed by atoms with Gasteiger partial charge in [0.05, 0.1) is 11.0 Å². The molecule has 0 saturated heterocycles. The van der Waals surface area contributed by atoms with Crippen LogP contribution in [-0.4, -0.2) is 23.6 Å². The van der Waals surface area contributed by atoms with Gasteiger partial charge in [-0.2, -0.15) is 0 Å². The van der Waals surface area contributed by atoms with Gasteiger partial charge in [0.2, 0.25) is 0 Å². The van der Waals surface area contributed by atoms with E-state index in [0.717, 1.165) is 30.4 Å². The number of fused-ring (bicyclic) bond motifs is 1. The average Bonchev–Trinajstić information content (AvgIpc) is 2.57. The summed E-state index contributed by atoms with van der Waals surface area (Å²) in [4.78, 5) is 16.5. The third-order valence-electron chi connectivity index (χ3n) is 2.47. The Morgan fingerprint density at radius 2 is 2.07 bits per heavy atom. The Bertz CT molecular complexity index is 498. The number of aromatic amines is 2. The van der Waals surface area contributed by atoms with Crippen LogP contribution in [0.15, 0.2) is 23.0 Å². The van der Waals surface area contributed by atoms with Crippen molar-refractivity contribution in [3.63, 3.8) is 0 Å². The van der Waals surface area contributed by atoms with Gasteiger partial charge < -0.3 is 15.3 Å². The van der Waals surface area contributed by atoms with Gasteiger partial charge in [0.1, 0.15) is 0 Å². The van der Waals surface area contributed by atoms with Crippen molar-refractivity contribution in [2.75, 3.05) is 13.6 Å². The van der Waals surface area contributed by atoms with E-state index in [-0.39, 0.29) is 5.69 Å². The van der Waals surface area contributed by atoms with Gasteiger partial charge in [-0.3, -0.25) is 0 Å². The van der Waals surface area contributed by atoms with E-state index in [1.165, 1.54) is 5.56 Å². The molecular formula is C11H15N3O. The molecule has 1 aromatic carbocycles. The van der Waals surface area contributed by atoms with Crippen LogP contribution in [0.25, 0.3) is 11.0 Å². The van der Waals surface area contributed by atoms with E-state index in [2.05, 4.69) is 21.4 Å². The van der Waals surface area contributed by atoms with Crippen molar-refractivity contribution >= 4 is 11.0 Å². The van der Waals surface area contributed by atoms with Crippen LogP contribution in [0, 0.1) is 0 Å². The van der Waals surface area contributed by atoms with Crippen molar-refractivity contribution < 1.29 is 0 Å². The zero-order chi connectivity index (χ0) is 10.7. The standard InChI is InChI=1S/C11H15N3O/c1-12-6-2-3-8-4-5-9-10(7-8)14-11(15)13-9/h4-5,7,12H,2-3,6H2,1H3,(H2,13,14,15). The molecule has 0 aliphatic rings. The van der Waals surface area contributed by atoms with Gasteiger partial charge in [0.25, 0.3) is 0 Å². The highest BCUT2D eigenvalue weighted by Crippen LogP contribution is 2.11. The third kappa shape index (κ3) is 2.27. The lowest BCUT2D eigenvalue weighted by molar-refractivity contribution is 0.725. The summed E-state index contributed by atoms with van der Waals surface area (Å²) in [7, 11) is 1.95. The molecule has 4 nitrogen and oxygen atoms in total. The van der Waals surface area contributed by atoms with E-state index in [0.29, 0.717) is 0 Å². The molecule has 0 aliphatic carbocycles. The Morgan fingerprint density at radius 1 is 1.27 bits per heavy atom. The number of nitrogens with one attached hydrogen (secondary N) is 3. The van der Waals surface area contributed by atoms with Crippen molar-refractivity contribution in [3.05, 3.63) is 34.2 Å². The number of hydrogen-bond donors (Lipinski definition) is 3. The molecule has 15 heavy (non-hydrogen) atoms. The van der Waals surface area contributed by atoms with Gasteiger partial charge in [0, 0.05) is 0 Å². The zero-order valence-corrected chi connectivity index (χ0v) is 8.76. The predicted molar refractivity (Wildman–Crippen MR) is 61.2 cm³/mol. The van der Waals surface area contributed by atoms with E-state index < -0.39 is 0 Å². The average molecular weight is 205 g/mol. The van der Waals surface area contributed by atoms with Crippen LogP contribution in [0.4, 0.5) is 0 Å². The Morgan fingerprint density at radius 3 is 2.87 bits per heavy atom. The van der Waals surface area contributed by atoms with Gasteiger partial charge in [-0.05, 0) is 44.1 Å². The first-order chi connectivity index (χ1) is 7.29. The molecule has 4 heteroatoms. The van der Waals surface area contributed by atoms with Crippen LogP contribution >= 0.6 is 0 Å². The Hall–Kier alpha value is -1.55. The minimum Gasteiger partial charge on any atom is -0.320 e. The fourth-order valence-electron chi connectivity index (χ4n) is 1.70. The van der Waals surface area contributed by atoms with Crippen molar-refractivity contribution in [2.45, 2.75) is 12.8 Å². The second-order valence-electron chi connectivity index (χ2n) is 3.67. The number of aryl methyl sites for hydroxylation is 1. The molecule has 0 fully saturated rings. The normalized spacial score (nSPS) is 11.0. The maximum atomic E-state index is 11.0. The summed E-state index contributed by atoms with van der Waals surface area (Å²) in [6.45, 7) is 1.02. The summed E-state index contributed by atoms with van der Waals surface area (Å²) >= 11 is 0. The second kappa shape index (κ2) is 4.31. The van der Waals surface area contributed by atoms with E-state index in [9.17, 15) is 4.79 Å². The summed E-state index contributed by atoms with van der Waals surface area (Å²) in [5, 5.41) is 3.12. The van der Waals surface area contributed by atoms with Crippen molar-refractivity contribution in [2.24, 2.45) is 0 Å². The number of rotatable bonds is 4. The van der Waals surface area contributed by atoms with Crippen LogP contribution in [-0.2, 0) is 6.42 Å². The summed E-state index contributed by atoms with van der Waals surface area (Å²) < 4.78 is 0. The molecule has 0 radical (unpaired) electrons. The van der Waals surface area contributed by atoms with Crippen molar-refractivity contribution in [1.29, 1.82) is 0 Å². The van der Waals surface area contributed by atoms with Gasteiger partial charge >= 0.3 is 5.69 Å². The first-order valence-corrected chi connectivity index (χ1v) is 5.15. The lowest BCUT2D eigenvalue weighted by atomic mass is 10.1. The van der Waals surface area contributed by atoms with Crippen LogP contribution in [0.3, 0.4) is 0 Å². The Balaban J connectivity index is 2.19. The van der Waals surface area contributed by atoms with Crippen molar-refractivity contribution in [3.8, 4) is 0 Å². The van der Waals surface area contributed by atoms with E-state index >= 15 is 0 Å². The Kier molecular flexibility index (Phi) is 2.87. The molecular weight excluding hydrogens is 190 g/mol. The first-order valence-electron chi connectivity index (χ1n) is 5.15. The maximum Gasteiger partial charge on any atom is 0.323 e. The van der Waals surface area contributed by atoms with Gasteiger partial charge in [-0.25, -0.2) is 4.79 Å². The van der Waals surface area contributed by atoms with E-state index in [4.69, 9.17) is 0 Å². The number of aromatic nitrogens is 2. The van der Waals surface area contributed by atoms with E-state index in [1.54, 1.807) is 0 Å². The van der Waals surface area contributed by atoms with Crippen LogP contribution in [0.2, 0.25) is 0 Å². The summed E-state index contributed by atoms with van der Waals surface area (Å²) in [6.07, 6.45) is 2.14. The number of H-pyrrole nitrogens is 2. The molecule has 1 aromatic heterocycles. The number of imidazole rings is 1. The molecule has 80 valence electrons. The summed E-state index contributed by atoms with van der Waals surface area (Å²) in [6, 6.07) is 6.03. The minimum absolute atomic E-state index is 0.141. The van der Waals surface area contributed by atoms with Crippen molar-refractivity contribution in [1.82, 2.24) is 15.3 Å². The highest BCUT2D eigenvalue weighted by molar-refractivity contribution is 5.74. The molecule has 3 N–H and O–H groups in total. The second-order valence-corrected chi connectivity index (χ2v) is 3.67. The zero-order valence-electron chi connectivity index (χ0n) is 8.76. The molecule has 0 spiro atoms. The van der Waals surface area contributed by atoms with E-state index in [1.807, 2.05) is 19.2 Å². The SMILES string of the molecule is CNCCCc1ccc2[nH]c(=O)[nH]c2c1. The molecule has 0 atom stereocenters. The molecule has 0 saturated carbocycles. The molecule has 0 aliphatic heterocycles. The number of benzene rings is 1. The van der Waals surface area contributed by atoms with Gasteiger partial charge in [-0.1, -0.05) is 6.07 Å². The Labute approximate surface area is 87.7 Å². The smallest absolute Gasteiger partial charge is 0.320 e. The molecule has 0 amide bonds.